The van der Waals surface area contributed by atoms with Gasteiger partial charge < -0.3 is 15.4 Å². The highest BCUT2D eigenvalue weighted by molar-refractivity contribution is 14.0. The van der Waals surface area contributed by atoms with E-state index in [2.05, 4.69) is 36.4 Å². The fourth-order valence-electron chi connectivity index (χ4n) is 2.30. The Kier molecular flexibility index (Phi) is 10.6. The zero-order valence-electron chi connectivity index (χ0n) is 13.5. The molecular weight excluding hydrogens is 365 g/mol. The van der Waals surface area contributed by atoms with E-state index in [4.69, 9.17) is 4.74 Å². The maximum absolute atomic E-state index is 5.90. The summed E-state index contributed by atoms with van der Waals surface area (Å²) in [5.74, 6) is 0.866. The molecule has 0 heterocycles. The summed E-state index contributed by atoms with van der Waals surface area (Å²) in [6.45, 7) is 8.15. The molecule has 5 heteroatoms. The Morgan fingerprint density at radius 1 is 1.20 bits per heavy atom. The first-order valence-corrected chi connectivity index (χ1v) is 7.62. The van der Waals surface area contributed by atoms with Gasteiger partial charge >= 0.3 is 0 Å². The average molecular weight is 397 g/mol. The number of rotatable bonds is 5. The minimum Gasteiger partial charge on any atom is -0.378 e. The first-order valence-electron chi connectivity index (χ1n) is 7.62. The van der Waals surface area contributed by atoms with Gasteiger partial charge in [-0.1, -0.05) is 19.3 Å². The molecule has 120 valence electrons. The Labute approximate surface area is 141 Å². The highest BCUT2D eigenvalue weighted by atomic mass is 127. The van der Waals surface area contributed by atoms with Gasteiger partial charge in [-0.25, -0.2) is 0 Å². The predicted molar refractivity (Wildman–Crippen MR) is 97.1 cm³/mol. The van der Waals surface area contributed by atoms with Gasteiger partial charge in [0, 0.05) is 25.7 Å². The molecule has 1 fully saturated rings. The lowest BCUT2D eigenvalue weighted by Crippen LogP contribution is -2.47. The van der Waals surface area contributed by atoms with E-state index in [-0.39, 0.29) is 29.5 Å². The summed E-state index contributed by atoms with van der Waals surface area (Å²) >= 11 is 0. The van der Waals surface area contributed by atoms with E-state index in [9.17, 15) is 0 Å². The van der Waals surface area contributed by atoms with Gasteiger partial charge in [-0.05, 0) is 40.0 Å². The summed E-state index contributed by atoms with van der Waals surface area (Å²) in [4.78, 5) is 4.21. The number of hydrogen-bond acceptors (Lipinski definition) is 2. The molecule has 1 saturated carbocycles. The number of halogens is 1. The highest BCUT2D eigenvalue weighted by Crippen LogP contribution is 2.20. The number of hydrogen-bond donors (Lipinski definition) is 2. The van der Waals surface area contributed by atoms with Crippen molar-refractivity contribution in [3.63, 3.8) is 0 Å². The summed E-state index contributed by atoms with van der Waals surface area (Å²) in [7, 11) is 1.81. The molecule has 1 aliphatic carbocycles. The van der Waals surface area contributed by atoms with Crippen LogP contribution in [0.3, 0.4) is 0 Å². The van der Waals surface area contributed by atoms with E-state index in [0.717, 1.165) is 25.5 Å². The summed E-state index contributed by atoms with van der Waals surface area (Å²) in [5.41, 5.74) is 0.0421. The van der Waals surface area contributed by atoms with Crippen LogP contribution in [0.25, 0.3) is 0 Å². The Morgan fingerprint density at radius 2 is 1.85 bits per heavy atom. The van der Waals surface area contributed by atoms with Crippen molar-refractivity contribution in [2.45, 2.75) is 70.9 Å². The minimum absolute atomic E-state index is 0. The summed E-state index contributed by atoms with van der Waals surface area (Å²) in [6.07, 6.45) is 8.11. The minimum atomic E-state index is 0. The molecule has 0 aromatic rings. The standard InChI is InChI=1S/C15H31N3O.HI/c1-15(2,3)18-14(16-4)17-11-8-12-19-13-9-6-5-7-10-13;/h13H,5-12H2,1-4H3,(H2,16,17,18);1H. The van der Waals surface area contributed by atoms with Crippen LogP contribution in [0.4, 0.5) is 0 Å². The van der Waals surface area contributed by atoms with Crippen molar-refractivity contribution in [1.82, 2.24) is 10.6 Å². The van der Waals surface area contributed by atoms with Crippen molar-refractivity contribution in [2.24, 2.45) is 4.99 Å². The van der Waals surface area contributed by atoms with Crippen molar-refractivity contribution in [3.05, 3.63) is 0 Å². The molecule has 4 nitrogen and oxygen atoms in total. The van der Waals surface area contributed by atoms with Crippen LogP contribution in [0.5, 0.6) is 0 Å². The van der Waals surface area contributed by atoms with Crippen molar-refractivity contribution in [3.8, 4) is 0 Å². The molecule has 0 bridgehead atoms. The third kappa shape index (κ3) is 9.80. The predicted octanol–water partition coefficient (Wildman–Crippen LogP) is 3.31. The summed E-state index contributed by atoms with van der Waals surface area (Å²) in [6, 6.07) is 0. The first-order chi connectivity index (χ1) is 9.01. The topological polar surface area (TPSA) is 45.7 Å². The van der Waals surface area contributed by atoms with Crippen molar-refractivity contribution >= 4 is 29.9 Å². The Hall–Kier alpha value is -0.0400. The largest absolute Gasteiger partial charge is 0.378 e. The molecule has 1 aliphatic rings. The van der Waals surface area contributed by atoms with E-state index in [1.165, 1.54) is 32.1 Å². The van der Waals surface area contributed by atoms with Gasteiger partial charge in [0.25, 0.3) is 0 Å². The molecule has 0 unspecified atom stereocenters. The second-order valence-electron chi connectivity index (χ2n) is 6.36. The van der Waals surface area contributed by atoms with E-state index < -0.39 is 0 Å². The molecule has 2 N–H and O–H groups in total. The molecule has 0 spiro atoms. The lowest BCUT2D eigenvalue weighted by atomic mass is 9.98. The van der Waals surface area contributed by atoms with Crippen molar-refractivity contribution in [1.29, 1.82) is 0 Å². The van der Waals surface area contributed by atoms with E-state index in [1.54, 1.807) is 7.05 Å². The Morgan fingerprint density at radius 3 is 2.40 bits per heavy atom. The average Bonchev–Trinajstić information content (AvgIpc) is 2.37. The second kappa shape index (κ2) is 10.7. The molecule has 1 rings (SSSR count). The van der Waals surface area contributed by atoms with Crippen molar-refractivity contribution in [2.75, 3.05) is 20.2 Å². The van der Waals surface area contributed by atoms with Crippen LogP contribution in [0.1, 0.15) is 59.3 Å². The van der Waals surface area contributed by atoms with Gasteiger partial charge in [-0.3, -0.25) is 4.99 Å². The van der Waals surface area contributed by atoms with Gasteiger partial charge in [0.15, 0.2) is 5.96 Å². The second-order valence-corrected chi connectivity index (χ2v) is 6.36. The van der Waals surface area contributed by atoms with E-state index >= 15 is 0 Å². The molecule has 0 radical (unpaired) electrons. The maximum Gasteiger partial charge on any atom is 0.191 e. The van der Waals surface area contributed by atoms with Crippen LogP contribution >= 0.6 is 24.0 Å². The molecule has 0 amide bonds. The lowest BCUT2D eigenvalue weighted by molar-refractivity contribution is 0.0277. The third-order valence-electron chi connectivity index (χ3n) is 3.24. The van der Waals surface area contributed by atoms with Gasteiger partial charge in [0.2, 0.25) is 0 Å². The lowest BCUT2D eigenvalue weighted by Gasteiger charge is -2.24. The van der Waals surface area contributed by atoms with Gasteiger partial charge in [0.05, 0.1) is 6.10 Å². The molecule has 0 aromatic carbocycles. The smallest absolute Gasteiger partial charge is 0.191 e. The van der Waals surface area contributed by atoms with Gasteiger partial charge in [-0.15, -0.1) is 24.0 Å². The molecule has 0 atom stereocenters. The molecular formula is C15H32IN3O. The van der Waals surface area contributed by atoms with Crippen LogP contribution in [0.2, 0.25) is 0 Å². The van der Waals surface area contributed by atoms with Crippen LogP contribution in [-0.2, 0) is 4.74 Å². The van der Waals surface area contributed by atoms with Gasteiger partial charge in [-0.2, -0.15) is 0 Å². The monoisotopic (exact) mass is 397 g/mol. The van der Waals surface area contributed by atoms with Crippen LogP contribution < -0.4 is 10.6 Å². The third-order valence-corrected chi connectivity index (χ3v) is 3.24. The molecule has 0 aromatic heterocycles. The molecule has 0 aliphatic heterocycles. The Bertz CT molecular complexity index is 271. The van der Waals surface area contributed by atoms with E-state index in [0.29, 0.717) is 6.10 Å². The Balaban J connectivity index is 0.00000361. The zero-order valence-corrected chi connectivity index (χ0v) is 15.8. The fourth-order valence-corrected chi connectivity index (χ4v) is 2.30. The normalized spacial score (nSPS) is 17.5. The highest BCUT2D eigenvalue weighted by Gasteiger charge is 2.13. The number of nitrogens with one attached hydrogen (secondary N) is 2. The van der Waals surface area contributed by atoms with E-state index in [1.807, 2.05) is 0 Å². The zero-order chi connectivity index (χ0) is 14.1. The fraction of sp³-hybridized carbons (Fsp3) is 0.933. The molecule has 20 heavy (non-hydrogen) atoms. The SMILES string of the molecule is CN=C(NCCCOC1CCCCC1)NC(C)(C)C.I. The number of ether oxygens (including phenoxy) is 1. The number of guanidine groups is 1. The first kappa shape index (κ1) is 20.0. The quantitative estimate of drug-likeness (QED) is 0.324. The molecule has 0 saturated heterocycles. The van der Waals surface area contributed by atoms with Crippen molar-refractivity contribution < 1.29 is 4.74 Å². The van der Waals surface area contributed by atoms with Crippen LogP contribution in [-0.4, -0.2) is 37.8 Å². The summed E-state index contributed by atoms with van der Waals surface area (Å²) < 4.78 is 5.90. The maximum atomic E-state index is 5.90. The van der Waals surface area contributed by atoms with Gasteiger partial charge in [0.1, 0.15) is 0 Å². The summed E-state index contributed by atoms with van der Waals surface area (Å²) in [5, 5.41) is 6.67. The number of nitrogens with zero attached hydrogens (tertiary/aromatic N) is 1. The number of aliphatic imine (C=N–C) groups is 1. The van der Waals surface area contributed by atoms with Crippen LogP contribution in [0.15, 0.2) is 4.99 Å². The van der Waals surface area contributed by atoms with Crippen LogP contribution in [0, 0.1) is 0 Å².